The van der Waals surface area contributed by atoms with Gasteiger partial charge in [-0.05, 0) is 31.4 Å². The molecular weight excluding hydrogens is 256 g/mol. The Morgan fingerprint density at radius 1 is 1.30 bits per heavy atom. The van der Waals surface area contributed by atoms with Crippen LogP contribution in [-0.2, 0) is 16.1 Å². The highest BCUT2D eigenvalue weighted by Gasteiger charge is 2.15. The Morgan fingerprint density at radius 3 is 2.70 bits per heavy atom. The van der Waals surface area contributed by atoms with Crippen LogP contribution in [0.15, 0.2) is 24.3 Å². The maximum Gasteiger partial charge on any atom is 0.243 e. The van der Waals surface area contributed by atoms with E-state index in [4.69, 9.17) is 4.74 Å². The molecule has 6 heteroatoms. The number of aromatic nitrogens is 3. The minimum atomic E-state index is -0.0838. The lowest BCUT2D eigenvalue weighted by Gasteiger charge is -2.22. The minimum absolute atomic E-state index is 0.0838. The molecule has 1 aromatic heterocycles. The molecular formula is C14H18N4O2. The zero-order valence-electron chi connectivity index (χ0n) is 11.3. The minimum Gasteiger partial charge on any atom is -0.376 e. The van der Waals surface area contributed by atoms with Crippen molar-refractivity contribution in [3.05, 3.63) is 24.3 Å². The van der Waals surface area contributed by atoms with Crippen LogP contribution in [0.1, 0.15) is 19.3 Å². The van der Waals surface area contributed by atoms with E-state index in [-0.39, 0.29) is 18.6 Å². The van der Waals surface area contributed by atoms with E-state index in [9.17, 15) is 4.79 Å². The van der Waals surface area contributed by atoms with Gasteiger partial charge in [0.2, 0.25) is 5.91 Å². The quantitative estimate of drug-likeness (QED) is 0.907. The van der Waals surface area contributed by atoms with Crippen LogP contribution >= 0.6 is 0 Å². The number of benzene rings is 1. The molecule has 0 bridgehead atoms. The number of fused-ring (bicyclic) bond motifs is 1. The average Bonchev–Trinajstić information content (AvgIpc) is 2.88. The van der Waals surface area contributed by atoms with Crippen LogP contribution in [0, 0.1) is 0 Å². The molecule has 1 fully saturated rings. The van der Waals surface area contributed by atoms with Gasteiger partial charge in [0.05, 0.1) is 6.10 Å². The van der Waals surface area contributed by atoms with Gasteiger partial charge in [-0.3, -0.25) is 4.79 Å². The van der Waals surface area contributed by atoms with E-state index in [0.29, 0.717) is 6.54 Å². The van der Waals surface area contributed by atoms with E-state index in [1.54, 1.807) is 0 Å². The summed E-state index contributed by atoms with van der Waals surface area (Å²) in [5.41, 5.74) is 1.60. The Morgan fingerprint density at radius 2 is 2.05 bits per heavy atom. The van der Waals surface area contributed by atoms with Crippen LogP contribution in [0.4, 0.5) is 0 Å². The van der Waals surface area contributed by atoms with Gasteiger partial charge in [-0.1, -0.05) is 12.1 Å². The Balaban J connectivity index is 1.52. The van der Waals surface area contributed by atoms with Gasteiger partial charge in [-0.2, -0.15) is 15.0 Å². The predicted octanol–water partition coefficient (Wildman–Crippen LogP) is 1.12. The van der Waals surface area contributed by atoms with Crippen LogP contribution < -0.4 is 5.32 Å². The summed E-state index contributed by atoms with van der Waals surface area (Å²) in [5, 5.41) is 11.4. The molecule has 1 atom stereocenters. The summed E-state index contributed by atoms with van der Waals surface area (Å²) < 4.78 is 5.57. The lowest BCUT2D eigenvalue weighted by molar-refractivity contribution is -0.123. The van der Waals surface area contributed by atoms with Crippen molar-refractivity contribution < 1.29 is 9.53 Å². The first-order chi connectivity index (χ1) is 9.81. The van der Waals surface area contributed by atoms with Gasteiger partial charge in [0.25, 0.3) is 0 Å². The molecule has 20 heavy (non-hydrogen) atoms. The number of hydrogen-bond acceptors (Lipinski definition) is 4. The second kappa shape index (κ2) is 6.00. The standard InChI is InChI=1S/C14H18N4O2/c19-14(15-9-11-5-3-4-8-20-11)10-18-16-12-6-1-2-7-13(12)17-18/h1-2,6-7,11H,3-5,8-10H2,(H,15,19). The summed E-state index contributed by atoms with van der Waals surface area (Å²) in [6.07, 6.45) is 3.46. The summed E-state index contributed by atoms with van der Waals surface area (Å²) in [4.78, 5) is 13.3. The molecule has 106 valence electrons. The molecule has 0 spiro atoms. The van der Waals surface area contributed by atoms with Gasteiger partial charge in [-0.25, -0.2) is 0 Å². The Hall–Kier alpha value is -1.95. The van der Waals surface area contributed by atoms with Crippen molar-refractivity contribution in [3.8, 4) is 0 Å². The first kappa shape index (κ1) is 13.1. The Bertz CT molecular complexity index is 557. The van der Waals surface area contributed by atoms with Crippen LogP contribution in [0.25, 0.3) is 11.0 Å². The van der Waals surface area contributed by atoms with Crippen LogP contribution in [0.3, 0.4) is 0 Å². The highest BCUT2D eigenvalue weighted by Crippen LogP contribution is 2.11. The lowest BCUT2D eigenvalue weighted by atomic mass is 10.1. The van der Waals surface area contributed by atoms with Crippen molar-refractivity contribution in [1.29, 1.82) is 0 Å². The van der Waals surface area contributed by atoms with Crippen molar-refractivity contribution >= 4 is 16.9 Å². The van der Waals surface area contributed by atoms with Crippen molar-refractivity contribution in [2.75, 3.05) is 13.2 Å². The molecule has 0 aliphatic carbocycles. The van der Waals surface area contributed by atoms with Crippen molar-refractivity contribution in [2.45, 2.75) is 31.9 Å². The molecule has 1 aromatic carbocycles. The molecule has 1 unspecified atom stereocenters. The summed E-state index contributed by atoms with van der Waals surface area (Å²) in [5.74, 6) is -0.0838. The summed E-state index contributed by atoms with van der Waals surface area (Å²) in [6.45, 7) is 1.51. The van der Waals surface area contributed by atoms with Crippen LogP contribution in [-0.4, -0.2) is 40.2 Å². The topological polar surface area (TPSA) is 69.0 Å². The lowest BCUT2D eigenvalue weighted by Crippen LogP contribution is -2.37. The Kier molecular flexibility index (Phi) is 3.92. The second-order valence-electron chi connectivity index (χ2n) is 5.01. The molecule has 1 amide bonds. The van der Waals surface area contributed by atoms with Gasteiger partial charge in [0.15, 0.2) is 0 Å². The number of nitrogens with zero attached hydrogens (tertiary/aromatic N) is 3. The van der Waals surface area contributed by atoms with Gasteiger partial charge in [0.1, 0.15) is 17.6 Å². The zero-order valence-corrected chi connectivity index (χ0v) is 11.3. The zero-order chi connectivity index (χ0) is 13.8. The smallest absolute Gasteiger partial charge is 0.243 e. The van der Waals surface area contributed by atoms with Crippen LogP contribution in [0.2, 0.25) is 0 Å². The summed E-state index contributed by atoms with van der Waals surface area (Å²) in [6, 6.07) is 7.57. The largest absolute Gasteiger partial charge is 0.376 e. The number of carbonyl (C=O) groups excluding carboxylic acids is 1. The molecule has 3 rings (SSSR count). The molecule has 0 saturated carbocycles. The van der Waals surface area contributed by atoms with Crippen molar-refractivity contribution in [3.63, 3.8) is 0 Å². The third-order valence-corrected chi connectivity index (χ3v) is 3.41. The predicted molar refractivity (Wildman–Crippen MR) is 74.1 cm³/mol. The number of carbonyl (C=O) groups is 1. The normalized spacial score (nSPS) is 19.1. The number of amides is 1. The fraction of sp³-hybridized carbons (Fsp3) is 0.500. The molecule has 0 radical (unpaired) electrons. The monoisotopic (exact) mass is 274 g/mol. The average molecular weight is 274 g/mol. The van der Waals surface area contributed by atoms with E-state index >= 15 is 0 Å². The van der Waals surface area contributed by atoms with Gasteiger partial charge >= 0.3 is 0 Å². The number of hydrogen-bond donors (Lipinski definition) is 1. The third kappa shape index (κ3) is 3.14. The van der Waals surface area contributed by atoms with Gasteiger partial charge in [-0.15, -0.1) is 0 Å². The van der Waals surface area contributed by atoms with E-state index in [1.165, 1.54) is 11.2 Å². The van der Waals surface area contributed by atoms with E-state index < -0.39 is 0 Å². The second-order valence-corrected chi connectivity index (χ2v) is 5.01. The first-order valence-corrected chi connectivity index (χ1v) is 6.99. The highest BCUT2D eigenvalue weighted by molar-refractivity contribution is 5.77. The summed E-state index contributed by atoms with van der Waals surface area (Å²) >= 11 is 0. The molecule has 2 aromatic rings. The molecule has 1 aliphatic heterocycles. The summed E-state index contributed by atoms with van der Waals surface area (Å²) in [7, 11) is 0. The third-order valence-electron chi connectivity index (χ3n) is 3.41. The van der Waals surface area contributed by atoms with E-state index in [1.807, 2.05) is 24.3 Å². The molecule has 1 N–H and O–H groups in total. The SMILES string of the molecule is O=C(Cn1nc2ccccc2n1)NCC1CCCCO1. The maximum atomic E-state index is 11.9. The fourth-order valence-electron chi connectivity index (χ4n) is 2.36. The van der Waals surface area contributed by atoms with E-state index in [2.05, 4.69) is 15.5 Å². The first-order valence-electron chi connectivity index (χ1n) is 6.99. The van der Waals surface area contributed by atoms with Crippen molar-refractivity contribution in [1.82, 2.24) is 20.3 Å². The molecule has 1 saturated heterocycles. The number of nitrogens with one attached hydrogen (secondary N) is 1. The van der Waals surface area contributed by atoms with E-state index in [0.717, 1.165) is 30.5 Å². The number of rotatable bonds is 4. The highest BCUT2D eigenvalue weighted by atomic mass is 16.5. The fourth-order valence-corrected chi connectivity index (χ4v) is 2.36. The van der Waals surface area contributed by atoms with Gasteiger partial charge in [0, 0.05) is 13.2 Å². The van der Waals surface area contributed by atoms with Crippen LogP contribution in [0.5, 0.6) is 0 Å². The molecule has 1 aliphatic rings. The molecule has 2 heterocycles. The number of ether oxygens (including phenoxy) is 1. The molecule has 6 nitrogen and oxygen atoms in total. The Labute approximate surface area is 117 Å². The van der Waals surface area contributed by atoms with Crippen molar-refractivity contribution in [2.24, 2.45) is 0 Å². The van der Waals surface area contributed by atoms with Gasteiger partial charge < -0.3 is 10.1 Å². The maximum absolute atomic E-state index is 11.9.